The zero-order chi connectivity index (χ0) is 13.2. The molecule has 2 aromatic heterocycles. The van der Waals surface area contributed by atoms with Crippen LogP contribution in [0.3, 0.4) is 0 Å². The number of hydrogen-bond acceptors (Lipinski definition) is 6. The highest BCUT2D eigenvalue weighted by Gasteiger charge is 2.20. The zero-order valence-electron chi connectivity index (χ0n) is 10.8. The third-order valence-electron chi connectivity index (χ3n) is 3.24. The van der Waals surface area contributed by atoms with E-state index in [4.69, 9.17) is 5.73 Å². The van der Waals surface area contributed by atoms with E-state index in [-0.39, 0.29) is 0 Å². The number of nitrogen functional groups attached to an aromatic ring is 1. The van der Waals surface area contributed by atoms with Gasteiger partial charge in [0.2, 0.25) is 5.95 Å². The molecule has 3 N–H and O–H groups in total. The number of pyridine rings is 1. The number of aromatic nitrogens is 3. The van der Waals surface area contributed by atoms with Crippen LogP contribution in [0.4, 0.5) is 17.6 Å². The van der Waals surface area contributed by atoms with Crippen LogP contribution >= 0.6 is 0 Å². The number of nitrogens with one attached hydrogen (secondary N) is 1. The molecule has 1 aliphatic rings. The average molecular weight is 256 g/mol. The lowest BCUT2D eigenvalue weighted by Crippen LogP contribution is -2.28. The molecule has 0 spiro atoms. The Balaban J connectivity index is 2.07. The minimum Gasteiger partial charge on any atom is -0.368 e. The number of hydrogen-bond donors (Lipinski definition) is 2. The van der Waals surface area contributed by atoms with Gasteiger partial charge in [0.25, 0.3) is 0 Å². The maximum atomic E-state index is 5.81. The molecule has 2 aromatic rings. The Morgan fingerprint density at radius 2 is 2.21 bits per heavy atom. The lowest BCUT2D eigenvalue weighted by molar-refractivity contribution is 0.627. The Bertz CT molecular complexity index is 583. The first kappa shape index (κ1) is 11.9. The predicted octanol–water partition coefficient (Wildman–Crippen LogP) is 0.867. The van der Waals surface area contributed by atoms with E-state index in [0.29, 0.717) is 5.95 Å². The van der Waals surface area contributed by atoms with Crippen LogP contribution in [0.25, 0.3) is 0 Å². The van der Waals surface area contributed by atoms with Gasteiger partial charge in [-0.2, -0.15) is 4.98 Å². The van der Waals surface area contributed by atoms with Gasteiger partial charge in [0.05, 0.1) is 5.69 Å². The van der Waals surface area contributed by atoms with E-state index in [0.717, 1.165) is 42.4 Å². The smallest absolute Gasteiger partial charge is 0.222 e. The number of anilines is 3. The molecular weight excluding hydrogens is 240 g/mol. The molecule has 6 heteroatoms. The van der Waals surface area contributed by atoms with E-state index in [1.165, 1.54) is 0 Å². The van der Waals surface area contributed by atoms with Gasteiger partial charge in [0.15, 0.2) is 0 Å². The van der Waals surface area contributed by atoms with Crippen molar-refractivity contribution in [2.24, 2.45) is 0 Å². The third-order valence-corrected chi connectivity index (χ3v) is 3.24. The van der Waals surface area contributed by atoms with Crippen LogP contribution in [0.5, 0.6) is 0 Å². The first-order valence-corrected chi connectivity index (χ1v) is 6.26. The van der Waals surface area contributed by atoms with E-state index in [1.807, 2.05) is 30.1 Å². The molecule has 0 saturated heterocycles. The first-order valence-electron chi connectivity index (χ1n) is 6.26. The summed E-state index contributed by atoms with van der Waals surface area (Å²) in [6.07, 6.45) is 2.65. The topological polar surface area (TPSA) is 80.0 Å². The van der Waals surface area contributed by atoms with E-state index in [9.17, 15) is 0 Å². The quantitative estimate of drug-likeness (QED) is 0.830. The molecule has 0 atom stereocenters. The van der Waals surface area contributed by atoms with E-state index < -0.39 is 0 Å². The SMILES string of the molecule is CN(c1ccccn1)c1nc(N)nc2c1CNCC2. The van der Waals surface area contributed by atoms with Gasteiger partial charge in [-0.25, -0.2) is 9.97 Å². The highest BCUT2D eigenvalue weighted by molar-refractivity contribution is 5.61. The van der Waals surface area contributed by atoms with Crippen molar-refractivity contribution in [3.05, 3.63) is 35.7 Å². The summed E-state index contributed by atoms with van der Waals surface area (Å²) in [7, 11) is 1.94. The Kier molecular flexibility index (Phi) is 3.00. The van der Waals surface area contributed by atoms with Crippen LogP contribution in [-0.2, 0) is 13.0 Å². The number of nitrogens with two attached hydrogens (primary N) is 1. The fourth-order valence-electron chi connectivity index (χ4n) is 2.28. The van der Waals surface area contributed by atoms with Gasteiger partial charge < -0.3 is 16.0 Å². The van der Waals surface area contributed by atoms with Gasteiger partial charge in [-0.3, -0.25) is 0 Å². The highest BCUT2D eigenvalue weighted by atomic mass is 15.2. The highest BCUT2D eigenvalue weighted by Crippen LogP contribution is 2.27. The summed E-state index contributed by atoms with van der Waals surface area (Å²) in [5.74, 6) is 1.99. The van der Waals surface area contributed by atoms with Crippen molar-refractivity contribution in [2.75, 3.05) is 24.2 Å². The maximum absolute atomic E-state index is 5.81. The minimum absolute atomic E-state index is 0.318. The van der Waals surface area contributed by atoms with Crippen molar-refractivity contribution in [1.29, 1.82) is 0 Å². The van der Waals surface area contributed by atoms with Crippen LogP contribution in [0.2, 0.25) is 0 Å². The van der Waals surface area contributed by atoms with E-state index >= 15 is 0 Å². The fraction of sp³-hybridized carbons (Fsp3) is 0.308. The third kappa shape index (κ3) is 2.22. The van der Waals surface area contributed by atoms with Crippen molar-refractivity contribution < 1.29 is 0 Å². The fourth-order valence-corrected chi connectivity index (χ4v) is 2.28. The Hall–Kier alpha value is -2.21. The molecule has 19 heavy (non-hydrogen) atoms. The monoisotopic (exact) mass is 256 g/mol. The first-order chi connectivity index (χ1) is 9.25. The lowest BCUT2D eigenvalue weighted by atomic mass is 10.1. The largest absolute Gasteiger partial charge is 0.368 e. The summed E-state index contributed by atoms with van der Waals surface area (Å²) < 4.78 is 0. The minimum atomic E-state index is 0.318. The molecule has 0 radical (unpaired) electrons. The molecular formula is C13H16N6. The van der Waals surface area contributed by atoms with Crippen LogP contribution in [0.1, 0.15) is 11.3 Å². The molecule has 3 rings (SSSR count). The molecule has 0 aliphatic carbocycles. The van der Waals surface area contributed by atoms with Gasteiger partial charge in [0.1, 0.15) is 11.6 Å². The van der Waals surface area contributed by atoms with Crippen molar-refractivity contribution in [3.8, 4) is 0 Å². The summed E-state index contributed by atoms with van der Waals surface area (Å²) in [4.78, 5) is 15.0. The van der Waals surface area contributed by atoms with Crippen molar-refractivity contribution in [2.45, 2.75) is 13.0 Å². The summed E-state index contributed by atoms with van der Waals surface area (Å²) >= 11 is 0. The Morgan fingerprint density at radius 3 is 3.00 bits per heavy atom. The summed E-state index contributed by atoms with van der Waals surface area (Å²) in [6, 6.07) is 5.79. The van der Waals surface area contributed by atoms with Crippen molar-refractivity contribution in [1.82, 2.24) is 20.3 Å². The molecule has 0 aromatic carbocycles. The normalized spacial score (nSPS) is 13.9. The number of rotatable bonds is 2. The standard InChI is InChI=1S/C13H16N6/c1-19(11-4-2-3-6-16-11)12-9-8-15-7-5-10(9)17-13(14)18-12/h2-4,6,15H,5,7-8H2,1H3,(H2,14,17,18). The molecule has 98 valence electrons. The van der Waals surface area contributed by atoms with Gasteiger partial charge in [-0.15, -0.1) is 0 Å². The number of nitrogens with zero attached hydrogens (tertiary/aromatic N) is 4. The molecule has 0 unspecified atom stereocenters. The van der Waals surface area contributed by atoms with Crippen molar-refractivity contribution >= 4 is 17.6 Å². The van der Waals surface area contributed by atoms with Gasteiger partial charge in [-0.1, -0.05) is 6.07 Å². The number of fused-ring (bicyclic) bond motifs is 1. The second kappa shape index (κ2) is 4.81. The Labute approximate surface area is 111 Å². The van der Waals surface area contributed by atoms with E-state index in [1.54, 1.807) is 6.20 Å². The summed E-state index contributed by atoms with van der Waals surface area (Å²) in [5.41, 5.74) is 7.95. The molecule has 1 aliphatic heterocycles. The van der Waals surface area contributed by atoms with Gasteiger partial charge >= 0.3 is 0 Å². The van der Waals surface area contributed by atoms with Crippen LogP contribution in [0.15, 0.2) is 24.4 Å². The summed E-state index contributed by atoms with van der Waals surface area (Å²) in [6.45, 7) is 1.69. The van der Waals surface area contributed by atoms with Crippen molar-refractivity contribution in [3.63, 3.8) is 0 Å². The van der Waals surface area contributed by atoms with Crippen LogP contribution in [-0.4, -0.2) is 28.5 Å². The van der Waals surface area contributed by atoms with Gasteiger partial charge in [0, 0.05) is 38.3 Å². The van der Waals surface area contributed by atoms with Crippen LogP contribution in [0, 0.1) is 0 Å². The molecule has 3 heterocycles. The van der Waals surface area contributed by atoms with Gasteiger partial charge in [-0.05, 0) is 12.1 Å². The molecule has 0 bridgehead atoms. The van der Waals surface area contributed by atoms with Crippen LogP contribution < -0.4 is 16.0 Å². The molecule has 0 amide bonds. The summed E-state index contributed by atoms with van der Waals surface area (Å²) in [5, 5.41) is 3.34. The predicted molar refractivity (Wildman–Crippen MR) is 74.2 cm³/mol. The molecule has 0 fully saturated rings. The average Bonchev–Trinajstić information content (AvgIpc) is 2.46. The molecule has 0 saturated carbocycles. The molecule has 6 nitrogen and oxygen atoms in total. The lowest BCUT2D eigenvalue weighted by Gasteiger charge is -2.24. The Morgan fingerprint density at radius 1 is 1.32 bits per heavy atom. The zero-order valence-corrected chi connectivity index (χ0v) is 10.8. The maximum Gasteiger partial charge on any atom is 0.222 e. The second-order valence-corrected chi connectivity index (χ2v) is 4.50. The second-order valence-electron chi connectivity index (χ2n) is 4.50. The van der Waals surface area contributed by atoms with E-state index in [2.05, 4.69) is 20.3 Å².